The van der Waals surface area contributed by atoms with Gasteiger partial charge in [0, 0.05) is 18.8 Å². The summed E-state index contributed by atoms with van der Waals surface area (Å²) in [5.74, 6) is -0.717. The van der Waals surface area contributed by atoms with Gasteiger partial charge < -0.3 is 10.2 Å². The Morgan fingerprint density at radius 1 is 0.846 bits per heavy atom. The van der Waals surface area contributed by atoms with E-state index in [1.54, 1.807) is 6.92 Å². The van der Waals surface area contributed by atoms with Crippen LogP contribution in [0.5, 0.6) is 0 Å². The summed E-state index contributed by atoms with van der Waals surface area (Å²) >= 11 is 0. The molecule has 4 nitrogen and oxygen atoms in total. The number of hydrogen-bond acceptors (Lipinski definition) is 3. The van der Waals surface area contributed by atoms with Gasteiger partial charge >= 0.3 is 12.1 Å². The number of carbonyl (C=O) groups is 2. The summed E-state index contributed by atoms with van der Waals surface area (Å²) in [6, 6.07) is 0. The van der Waals surface area contributed by atoms with Gasteiger partial charge in [0.05, 0.1) is 6.10 Å². The fourth-order valence-electron chi connectivity index (χ4n) is 3.02. The first kappa shape index (κ1) is 24.9. The Labute approximate surface area is 154 Å². The number of carbonyl (C=O) groups excluding carboxylic acids is 1. The maximum absolute atomic E-state index is 12.0. The number of carboxylic acid groups (broad SMARTS) is 1. The third kappa shape index (κ3) is 16.4. The molecule has 0 spiro atoms. The first-order chi connectivity index (χ1) is 12.1. The van der Waals surface area contributed by atoms with Gasteiger partial charge in [-0.25, -0.2) is 0 Å². The molecule has 0 aliphatic heterocycles. The summed E-state index contributed by atoms with van der Waals surface area (Å²) in [7, 11) is 0. The molecular weight excluding hydrogens is 349 g/mol. The monoisotopic (exact) mass is 382 g/mol. The minimum Gasteiger partial charge on any atom is -0.481 e. The Hall–Kier alpha value is -1.11. The van der Waals surface area contributed by atoms with Gasteiger partial charge in [0.25, 0.3) is 0 Å². The molecule has 0 rings (SSSR count). The van der Waals surface area contributed by atoms with Crippen LogP contribution in [-0.2, 0) is 9.59 Å². The lowest BCUT2D eigenvalue weighted by molar-refractivity contribution is -0.137. The van der Waals surface area contributed by atoms with E-state index in [1.807, 2.05) is 0 Å². The van der Waals surface area contributed by atoms with Crippen molar-refractivity contribution in [1.29, 1.82) is 0 Å². The zero-order valence-corrected chi connectivity index (χ0v) is 15.7. The summed E-state index contributed by atoms with van der Waals surface area (Å²) in [4.78, 5) is 22.1. The highest BCUT2D eigenvalue weighted by molar-refractivity contribution is 5.78. The number of aliphatic hydroxyl groups is 1. The molecule has 0 saturated heterocycles. The molecule has 2 N–H and O–H groups in total. The number of aliphatic hydroxyl groups excluding tert-OH is 1. The van der Waals surface area contributed by atoms with Gasteiger partial charge in [-0.1, -0.05) is 32.1 Å². The molecule has 0 aliphatic carbocycles. The SMILES string of the molecule is CC(=O)C(CCCCCCC(=O)O)CCCC(O)CCCCC(F)(F)F. The van der Waals surface area contributed by atoms with E-state index in [9.17, 15) is 27.9 Å². The van der Waals surface area contributed by atoms with E-state index in [4.69, 9.17) is 5.11 Å². The molecule has 26 heavy (non-hydrogen) atoms. The van der Waals surface area contributed by atoms with Crippen LogP contribution >= 0.6 is 0 Å². The normalized spacial score (nSPS) is 14.2. The Kier molecular flexibility index (Phi) is 13.4. The van der Waals surface area contributed by atoms with E-state index in [2.05, 4.69) is 0 Å². The van der Waals surface area contributed by atoms with E-state index >= 15 is 0 Å². The number of aliphatic carboxylic acids is 1. The Morgan fingerprint density at radius 3 is 1.96 bits per heavy atom. The molecule has 0 heterocycles. The van der Waals surface area contributed by atoms with Crippen molar-refractivity contribution in [3.05, 3.63) is 0 Å². The highest BCUT2D eigenvalue weighted by atomic mass is 19.4. The van der Waals surface area contributed by atoms with Crippen LogP contribution in [0.3, 0.4) is 0 Å². The van der Waals surface area contributed by atoms with Crippen LogP contribution in [0.15, 0.2) is 0 Å². The summed E-state index contributed by atoms with van der Waals surface area (Å²) in [5.41, 5.74) is 0. The van der Waals surface area contributed by atoms with Crippen LogP contribution < -0.4 is 0 Å². The van der Waals surface area contributed by atoms with Crippen molar-refractivity contribution in [2.24, 2.45) is 5.92 Å². The van der Waals surface area contributed by atoms with Gasteiger partial charge in [-0.3, -0.25) is 9.59 Å². The first-order valence-electron chi connectivity index (χ1n) is 9.59. The fraction of sp³-hybridized carbons (Fsp3) is 0.895. The number of unbranched alkanes of at least 4 members (excludes halogenated alkanes) is 4. The van der Waals surface area contributed by atoms with Crippen LogP contribution in [0.25, 0.3) is 0 Å². The Balaban J connectivity index is 3.78. The second-order valence-corrected chi connectivity index (χ2v) is 7.10. The summed E-state index contributed by atoms with van der Waals surface area (Å²) in [5, 5.41) is 18.4. The van der Waals surface area contributed by atoms with Crippen molar-refractivity contribution >= 4 is 11.8 Å². The van der Waals surface area contributed by atoms with Crippen LogP contribution in [0.1, 0.15) is 90.4 Å². The van der Waals surface area contributed by atoms with Crippen molar-refractivity contribution < 1.29 is 33.0 Å². The van der Waals surface area contributed by atoms with E-state index in [0.29, 0.717) is 38.5 Å². The van der Waals surface area contributed by atoms with Gasteiger partial charge in [0.1, 0.15) is 5.78 Å². The minimum absolute atomic E-state index is 0.0402. The Morgan fingerprint density at radius 2 is 1.38 bits per heavy atom. The van der Waals surface area contributed by atoms with Crippen LogP contribution in [0.4, 0.5) is 13.2 Å². The second-order valence-electron chi connectivity index (χ2n) is 7.10. The molecule has 0 fully saturated rings. The number of rotatable bonds is 16. The number of ketones is 1. The number of halogens is 3. The Bertz CT molecular complexity index is 397. The van der Waals surface area contributed by atoms with Crippen LogP contribution in [0.2, 0.25) is 0 Å². The summed E-state index contributed by atoms with van der Waals surface area (Å²) < 4.78 is 36.1. The highest BCUT2D eigenvalue weighted by Gasteiger charge is 2.26. The smallest absolute Gasteiger partial charge is 0.389 e. The van der Waals surface area contributed by atoms with Gasteiger partial charge in [0.15, 0.2) is 0 Å². The molecule has 0 aliphatic rings. The maximum Gasteiger partial charge on any atom is 0.389 e. The molecule has 154 valence electrons. The maximum atomic E-state index is 12.0. The average molecular weight is 382 g/mol. The number of hydrogen-bond donors (Lipinski definition) is 2. The fourth-order valence-corrected chi connectivity index (χ4v) is 3.02. The molecule has 2 unspecified atom stereocenters. The molecule has 0 saturated carbocycles. The van der Waals surface area contributed by atoms with E-state index in [1.165, 1.54) is 0 Å². The lowest BCUT2D eigenvalue weighted by atomic mass is 9.91. The molecule has 0 aromatic rings. The van der Waals surface area contributed by atoms with Crippen molar-refractivity contribution in [2.45, 2.75) is 103 Å². The van der Waals surface area contributed by atoms with Crippen LogP contribution in [0, 0.1) is 5.92 Å². The first-order valence-corrected chi connectivity index (χ1v) is 9.59. The van der Waals surface area contributed by atoms with Gasteiger partial charge in [0.2, 0.25) is 0 Å². The zero-order chi connectivity index (χ0) is 20.0. The van der Waals surface area contributed by atoms with Gasteiger partial charge in [-0.2, -0.15) is 13.2 Å². The lowest BCUT2D eigenvalue weighted by Gasteiger charge is -2.15. The zero-order valence-electron chi connectivity index (χ0n) is 15.7. The highest BCUT2D eigenvalue weighted by Crippen LogP contribution is 2.24. The minimum atomic E-state index is -4.13. The predicted molar refractivity (Wildman–Crippen MR) is 93.9 cm³/mol. The quantitative estimate of drug-likeness (QED) is 0.357. The second kappa shape index (κ2) is 14.0. The molecular formula is C19H33F3O4. The van der Waals surface area contributed by atoms with Crippen molar-refractivity contribution in [1.82, 2.24) is 0 Å². The third-order valence-corrected chi connectivity index (χ3v) is 4.61. The van der Waals surface area contributed by atoms with E-state index in [0.717, 1.165) is 25.7 Å². The molecule has 0 aromatic carbocycles. The number of Topliss-reactive ketones (excluding diaryl/α,β-unsaturated/α-hetero) is 1. The third-order valence-electron chi connectivity index (χ3n) is 4.61. The van der Waals surface area contributed by atoms with Crippen molar-refractivity contribution in [3.8, 4) is 0 Å². The van der Waals surface area contributed by atoms with E-state index < -0.39 is 24.7 Å². The van der Waals surface area contributed by atoms with Crippen molar-refractivity contribution in [2.75, 3.05) is 0 Å². The topological polar surface area (TPSA) is 74.6 Å². The van der Waals surface area contributed by atoms with Crippen molar-refractivity contribution in [3.63, 3.8) is 0 Å². The standard InChI is InChI=1S/C19H33F3O4/c1-15(23)16(9-4-2-3-5-13-18(25)26)10-8-12-17(24)11-6-7-14-19(20,21)22/h16-17,24H,2-14H2,1H3,(H,25,26). The average Bonchev–Trinajstić information content (AvgIpc) is 2.51. The molecule has 7 heteroatoms. The molecule has 0 radical (unpaired) electrons. The number of carboxylic acids is 1. The lowest BCUT2D eigenvalue weighted by Crippen LogP contribution is -2.13. The summed E-state index contributed by atoms with van der Waals surface area (Å²) in [6.07, 6.45) is 1.31. The summed E-state index contributed by atoms with van der Waals surface area (Å²) in [6.45, 7) is 1.56. The molecule has 0 aromatic heterocycles. The van der Waals surface area contributed by atoms with Crippen LogP contribution in [-0.4, -0.2) is 34.2 Å². The molecule has 2 atom stereocenters. The largest absolute Gasteiger partial charge is 0.481 e. The van der Waals surface area contributed by atoms with Gasteiger partial charge in [-0.15, -0.1) is 0 Å². The van der Waals surface area contributed by atoms with Gasteiger partial charge in [-0.05, 0) is 45.4 Å². The predicted octanol–water partition coefficient (Wildman–Crippen LogP) is 5.27. The van der Waals surface area contributed by atoms with E-state index in [-0.39, 0.29) is 24.5 Å². The molecule has 0 bridgehead atoms. The number of alkyl halides is 3. The molecule has 0 amide bonds.